The highest BCUT2D eigenvalue weighted by molar-refractivity contribution is 9.10. The third-order valence-electron chi connectivity index (χ3n) is 3.65. The van der Waals surface area contributed by atoms with Crippen molar-refractivity contribution in [1.29, 1.82) is 0 Å². The first-order chi connectivity index (χ1) is 8.58. The summed E-state index contributed by atoms with van der Waals surface area (Å²) in [5.41, 5.74) is 1.14. The molecule has 0 spiro atoms. The molecule has 0 radical (unpaired) electrons. The van der Waals surface area contributed by atoms with Crippen LogP contribution in [-0.2, 0) is 4.74 Å². The summed E-state index contributed by atoms with van der Waals surface area (Å²) >= 11 is 9.68. The Balaban J connectivity index is 1.93. The van der Waals surface area contributed by atoms with Gasteiger partial charge < -0.3 is 10.1 Å². The number of benzene rings is 1. The third kappa shape index (κ3) is 3.47. The van der Waals surface area contributed by atoms with E-state index < -0.39 is 0 Å². The molecule has 3 unspecified atom stereocenters. The molecule has 0 saturated carbocycles. The van der Waals surface area contributed by atoms with Gasteiger partial charge in [-0.15, -0.1) is 0 Å². The average Bonchev–Trinajstić information content (AvgIpc) is 2.72. The monoisotopic (exact) mass is 331 g/mol. The van der Waals surface area contributed by atoms with Gasteiger partial charge in [0.05, 0.1) is 6.10 Å². The minimum absolute atomic E-state index is 0.262. The van der Waals surface area contributed by atoms with Gasteiger partial charge in [-0.25, -0.2) is 0 Å². The lowest BCUT2D eigenvalue weighted by atomic mass is 10.0. The summed E-state index contributed by atoms with van der Waals surface area (Å²) in [4.78, 5) is 0. The summed E-state index contributed by atoms with van der Waals surface area (Å²) in [7, 11) is 0. The molecule has 1 heterocycles. The van der Waals surface area contributed by atoms with Crippen LogP contribution in [0, 0.1) is 5.92 Å². The quantitative estimate of drug-likeness (QED) is 0.893. The fourth-order valence-electron chi connectivity index (χ4n) is 2.33. The van der Waals surface area contributed by atoms with Crippen LogP contribution in [0.1, 0.15) is 31.9 Å². The Kier molecular flexibility index (Phi) is 5.07. The Morgan fingerprint density at radius 2 is 2.33 bits per heavy atom. The SMILES string of the molecule is CC(NCC1CCOC1C)c1ccc(Br)cc1Cl. The lowest BCUT2D eigenvalue weighted by Crippen LogP contribution is -2.29. The highest BCUT2D eigenvalue weighted by Gasteiger charge is 2.24. The summed E-state index contributed by atoms with van der Waals surface area (Å²) in [6.45, 7) is 6.17. The first kappa shape index (κ1) is 14.3. The standard InChI is InChI=1S/C14H19BrClNO/c1-9(13-4-3-12(15)7-14(13)16)17-8-11-5-6-18-10(11)2/h3-4,7,9-11,17H,5-6,8H2,1-2H3. The van der Waals surface area contributed by atoms with Crippen LogP contribution in [0.5, 0.6) is 0 Å². The summed E-state index contributed by atoms with van der Waals surface area (Å²) in [6, 6.07) is 6.30. The zero-order valence-electron chi connectivity index (χ0n) is 10.7. The Hall–Kier alpha value is -0.0900. The second-order valence-electron chi connectivity index (χ2n) is 4.92. The van der Waals surface area contributed by atoms with Crippen molar-refractivity contribution in [3.63, 3.8) is 0 Å². The molecule has 1 aromatic carbocycles. The number of nitrogens with one attached hydrogen (secondary N) is 1. The molecule has 1 saturated heterocycles. The summed E-state index contributed by atoms with van der Waals surface area (Å²) in [6.07, 6.45) is 1.51. The van der Waals surface area contributed by atoms with Crippen LogP contribution >= 0.6 is 27.5 Å². The van der Waals surface area contributed by atoms with Crippen molar-refractivity contribution < 1.29 is 4.74 Å². The lowest BCUT2D eigenvalue weighted by Gasteiger charge is -2.20. The largest absolute Gasteiger partial charge is 0.378 e. The summed E-state index contributed by atoms with van der Waals surface area (Å²) in [5.74, 6) is 0.613. The molecule has 0 aliphatic carbocycles. The van der Waals surface area contributed by atoms with Crippen LogP contribution in [0.25, 0.3) is 0 Å². The highest BCUT2D eigenvalue weighted by atomic mass is 79.9. The van der Waals surface area contributed by atoms with Gasteiger partial charge in [0.15, 0.2) is 0 Å². The minimum Gasteiger partial charge on any atom is -0.378 e. The maximum Gasteiger partial charge on any atom is 0.0588 e. The maximum atomic E-state index is 6.25. The van der Waals surface area contributed by atoms with E-state index >= 15 is 0 Å². The Morgan fingerprint density at radius 3 is 2.94 bits per heavy atom. The third-order valence-corrected chi connectivity index (χ3v) is 4.47. The van der Waals surface area contributed by atoms with E-state index in [9.17, 15) is 0 Å². The lowest BCUT2D eigenvalue weighted by molar-refractivity contribution is 0.105. The minimum atomic E-state index is 0.262. The maximum absolute atomic E-state index is 6.25. The van der Waals surface area contributed by atoms with E-state index in [1.807, 2.05) is 12.1 Å². The number of rotatable bonds is 4. The molecule has 18 heavy (non-hydrogen) atoms. The van der Waals surface area contributed by atoms with Crippen molar-refractivity contribution in [3.05, 3.63) is 33.3 Å². The molecule has 1 fully saturated rings. The van der Waals surface area contributed by atoms with Crippen molar-refractivity contribution in [2.75, 3.05) is 13.2 Å². The average molecular weight is 333 g/mol. The molecule has 0 amide bonds. The molecule has 1 aliphatic heterocycles. The van der Waals surface area contributed by atoms with Crippen molar-refractivity contribution in [2.24, 2.45) is 5.92 Å². The van der Waals surface area contributed by atoms with E-state index in [1.165, 1.54) is 0 Å². The van der Waals surface area contributed by atoms with E-state index in [0.717, 1.165) is 34.6 Å². The van der Waals surface area contributed by atoms with Crippen LogP contribution in [-0.4, -0.2) is 19.3 Å². The van der Waals surface area contributed by atoms with E-state index in [1.54, 1.807) is 0 Å². The number of hydrogen-bond donors (Lipinski definition) is 1. The molecule has 2 nitrogen and oxygen atoms in total. The van der Waals surface area contributed by atoms with Gasteiger partial charge in [0.25, 0.3) is 0 Å². The van der Waals surface area contributed by atoms with E-state index in [-0.39, 0.29) is 6.04 Å². The number of hydrogen-bond acceptors (Lipinski definition) is 2. The summed E-state index contributed by atoms with van der Waals surface area (Å²) in [5, 5.41) is 4.36. The van der Waals surface area contributed by atoms with Crippen LogP contribution in [0.4, 0.5) is 0 Å². The number of halogens is 2. The van der Waals surface area contributed by atoms with Gasteiger partial charge in [0.1, 0.15) is 0 Å². The molecule has 4 heteroatoms. The molecule has 100 valence electrons. The molecular weight excluding hydrogens is 314 g/mol. The smallest absolute Gasteiger partial charge is 0.0588 e. The molecular formula is C14H19BrClNO. The van der Waals surface area contributed by atoms with Crippen molar-refractivity contribution in [3.8, 4) is 0 Å². The van der Waals surface area contributed by atoms with Crippen LogP contribution in [0.2, 0.25) is 5.02 Å². The zero-order chi connectivity index (χ0) is 13.1. The van der Waals surface area contributed by atoms with Gasteiger partial charge >= 0.3 is 0 Å². The second-order valence-corrected chi connectivity index (χ2v) is 6.24. The first-order valence-electron chi connectivity index (χ1n) is 6.38. The van der Waals surface area contributed by atoms with Crippen molar-refractivity contribution in [2.45, 2.75) is 32.4 Å². The van der Waals surface area contributed by atoms with Crippen molar-refractivity contribution in [1.82, 2.24) is 5.32 Å². The fourth-order valence-corrected chi connectivity index (χ4v) is 3.17. The van der Waals surface area contributed by atoms with E-state index in [0.29, 0.717) is 12.0 Å². The van der Waals surface area contributed by atoms with E-state index in [2.05, 4.69) is 41.2 Å². The molecule has 2 rings (SSSR count). The molecule has 1 N–H and O–H groups in total. The van der Waals surface area contributed by atoms with Crippen molar-refractivity contribution >= 4 is 27.5 Å². The van der Waals surface area contributed by atoms with E-state index in [4.69, 9.17) is 16.3 Å². The van der Waals surface area contributed by atoms with Crippen LogP contribution in [0.15, 0.2) is 22.7 Å². The highest BCUT2D eigenvalue weighted by Crippen LogP contribution is 2.27. The van der Waals surface area contributed by atoms with Gasteiger partial charge in [-0.3, -0.25) is 0 Å². The molecule has 0 aromatic heterocycles. The van der Waals surface area contributed by atoms with Gasteiger partial charge in [0, 0.05) is 28.7 Å². The van der Waals surface area contributed by atoms with Gasteiger partial charge in [-0.2, -0.15) is 0 Å². The van der Waals surface area contributed by atoms with Gasteiger partial charge in [-0.1, -0.05) is 33.6 Å². The first-order valence-corrected chi connectivity index (χ1v) is 7.55. The normalized spacial score (nSPS) is 25.3. The summed E-state index contributed by atoms with van der Waals surface area (Å²) < 4.78 is 6.59. The fraction of sp³-hybridized carbons (Fsp3) is 0.571. The molecule has 1 aromatic rings. The van der Waals surface area contributed by atoms with Crippen LogP contribution < -0.4 is 5.32 Å². The molecule has 0 bridgehead atoms. The van der Waals surface area contributed by atoms with Gasteiger partial charge in [0.2, 0.25) is 0 Å². The number of ether oxygens (including phenoxy) is 1. The molecule has 1 aliphatic rings. The Bertz CT molecular complexity index is 413. The van der Waals surface area contributed by atoms with Crippen LogP contribution in [0.3, 0.4) is 0 Å². The Morgan fingerprint density at radius 1 is 1.56 bits per heavy atom. The molecule has 3 atom stereocenters. The predicted molar refractivity (Wildman–Crippen MR) is 79.1 cm³/mol. The van der Waals surface area contributed by atoms with Gasteiger partial charge in [-0.05, 0) is 43.9 Å². The predicted octanol–water partition coefficient (Wildman–Crippen LogP) is 4.18. The zero-order valence-corrected chi connectivity index (χ0v) is 13.1. The Labute approximate surface area is 122 Å². The second kappa shape index (κ2) is 6.38. The topological polar surface area (TPSA) is 21.3 Å².